The van der Waals surface area contributed by atoms with E-state index in [9.17, 15) is 24.6 Å². The second kappa shape index (κ2) is 8.39. The summed E-state index contributed by atoms with van der Waals surface area (Å²) in [6.45, 7) is 10.1. The summed E-state index contributed by atoms with van der Waals surface area (Å²) in [6, 6.07) is -0.166. The highest BCUT2D eigenvalue weighted by atomic mass is 16.3. The average Bonchev–Trinajstić information content (AvgIpc) is 2.94. The molecular weight excluding hydrogens is 382 g/mol. The van der Waals surface area contributed by atoms with Crippen LogP contribution in [0.4, 0.5) is 0 Å². The van der Waals surface area contributed by atoms with E-state index in [4.69, 9.17) is 0 Å². The third-order valence-corrected chi connectivity index (χ3v) is 7.36. The van der Waals surface area contributed by atoms with Gasteiger partial charge in [-0.05, 0) is 38.5 Å². The van der Waals surface area contributed by atoms with Crippen molar-refractivity contribution in [2.75, 3.05) is 0 Å². The third-order valence-electron chi connectivity index (χ3n) is 7.36. The molecule has 1 saturated heterocycles. The minimum Gasteiger partial charge on any atom is -0.385 e. The van der Waals surface area contributed by atoms with E-state index < -0.39 is 29.3 Å². The number of hydrogen-bond acceptors (Lipinski definition) is 5. The van der Waals surface area contributed by atoms with Gasteiger partial charge in [-0.1, -0.05) is 44.1 Å². The van der Waals surface area contributed by atoms with E-state index in [-0.39, 0.29) is 42.4 Å². The second-order valence-corrected chi connectivity index (χ2v) is 9.94. The number of Topliss-reactive ketones (excluding diaryl/α,β-unsaturated/α-hetero) is 2. The summed E-state index contributed by atoms with van der Waals surface area (Å²) in [7, 11) is 0. The lowest BCUT2D eigenvalue weighted by Gasteiger charge is -2.45. The van der Waals surface area contributed by atoms with E-state index in [0.29, 0.717) is 12.3 Å². The van der Waals surface area contributed by atoms with Crippen LogP contribution in [-0.2, 0) is 14.4 Å². The minimum atomic E-state index is -1.57. The van der Waals surface area contributed by atoms with E-state index in [0.717, 1.165) is 17.6 Å². The Hall–Kier alpha value is -1.79. The van der Waals surface area contributed by atoms with Crippen molar-refractivity contribution in [1.82, 2.24) is 5.32 Å². The number of carbonyl (C=O) groups is 3. The first-order valence-corrected chi connectivity index (χ1v) is 11.1. The molecule has 0 aromatic rings. The molecule has 0 radical (unpaired) electrons. The third kappa shape index (κ3) is 3.69. The first-order chi connectivity index (χ1) is 14.0. The molecule has 6 nitrogen and oxygen atoms in total. The van der Waals surface area contributed by atoms with Crippen molar-refractivity contribution < 1.29 is 24.6 Å². The number of ketones is 2. The van der Waals surface area contributed by atoms with Gasteiger partial charge in [-0.2, -0.15) is 0 Å². The predicted octanol–water partition coefficient (Wildman–Crippen LogP) is 2.34. The summed E-state index contributed by atoms with van der Waals surface area (Å²) in [6.07, 6.45) is 1.93. The zero-order valence-electron chi connectivity index (χ0n) is 18.6. The summed E-state index contributed by atoms with van der Waals surface area (Å²) in [4.78, 5) is 39.5. The van der Waals surface area contributed by atoms with Crippen LogP contribution in [0.3, 0.4) is 0 Å². The van der Waals surface area contributed by atoms with Gasteiger partial charge in [0.25, 0.3) is 0 Å². The maximum absolute atomic E-state index is 13.8. The maximum Gasteiger partial charge on any atom is 0.235 e. The number of hydrogen-bond donors (Lipinski definition) is 3. The fourth-order valence-electron chi connectivity index (χ4n) is 5.75. The van der Waals surface area contributed by atoms with Gasteiger partial charge in [-0.3, -0.25) is 14.4 Å². The molecule has 6 heteroatoms. The second-order valence-electron chi connectivity index (χ2n) is 9.94. The van der Waals surface area contributed by atoms with Crippen molar-refractivity contribution in [3.05, 3.63) is 23.3 Å². The number of aliphatic hydroxyl groups excluding tert-OH is 2. The van der Waals surface area contributed by atoms with Crippen molar-refractivity contribution >= 4 is 17.5 Å². The van der Waals surface area contributed by atoms with E-state index in [1.165, 1.54) is 0 Å². The molecule has 1 fully saturated rings. The van der Waals surface area contributed by atoms with Crippen LogP contribution in [0, 0.1) is 29.1 Å². The molecule has 1 amide bonds. The van der Waals surface area contributed by atoms with Crippen LogP contribution in [0.2, 0.25) is 0 Å². The molecule has 0 aromatic carbocycles. The zero-order chi connectivity index (χ0) is 22.4. The molecule has 166 valence electrons. The van der Waals surface area contributed by atoms with Crippen LogP contribution in [0.1, 0.15) is 60.3 Å². The normalized spacial score (nSPS) is 40.2. The Morgan fingerprint density at radius 2 is 1.77 bits per heavy atom. The van der Waals surface area contributed by atoms with Gasteiger partial charge in [0.1, 0.15) is 17.6 Å². The van der Waals surface area contributed by atoms with Crippen LogP contribution in [-0.4, -0.2) is 45.9 Å². The van der Waals surface area contributed by atoms with Gasteiger partial charge in [0.2, 0.25) is 5.91 Å². The van der Waals surface area contributed by atoms with E-state index in [2.05, 4.69) is 19.2 Å². The molecule has 1 spiro atoms. The first kappa shape index (κ1) is 22.9. The highest BCUT2D eigenvalue weighted by molar-refractivity contribution is 6.11. The number of carbonyl (C=O) groups excluding carboxylic acids is 3. The fourth-order valence-corrected chi connectivity index (χ4v) is 5.75. The lowest BCUT2D eigenvalue weighted by Crippen LogP contribution is -2.56. The Bertz CT molecular complexity index is 797. The standard InChI is InChI=1S/C24H35NO5/c1-12(2)8-17-21-15(5)14(4)10-16-9-13(3)6-7-18(26)19(27)11-20(28)22(29)24(16,21)23(30)25-17/h9-10,12,15-17,19-21,27-28H,6-8,11H2,1-5H3,(H,25,30)/t15-,16+,17+,19-,20-,21+,24+/m1/s1. The highest BCUT2D eigenvalue weighted by Crippen LogP contribution is 2.55. The molecule has 1 heterocycles. The number of amides is 1. The average molecular weight is 418 g/mol. The Labute approximate surface area is 178 Å². The topological polar surface area (TPSA) is 104 Å². The van der Waals surface area contributed by atoms with Gasteiger partial charge in [0, 0.05) is 30.7 Å². The van der Waals surface area contributed by atoms with Gasteiger partial charge in [-0.25, -0.2) is 0 Å². The Balaban J connectivity index is 2.21. The fraction of sp³-hybridized carbons (Fsp3) is 0.708. The van der Waals surface area contributed by atoms with Crippen LogP contribution < -0.4 is 5.32 Å². The minimum absolute atomic E-state index is 0.00881. The lowest BCUT2D eigenvalue weighted by atomic mass is 9.54. The summed E-state index contributed by atoms with van der Waals surface area (Å²) >= 11 is 0. The molecule has 0 bridgehead atoms. The van der Waals surface area contributed by atoms with Gasteiger partial charge in [0.05, 0.1) is 0 Å². The van der Waals surface area contributed by atoms with Crippen molar-refractivity contribution in [2.45, 2.75) is 78.6 Å². The SMILES string of the molecule is CC1=C[C@H]2C=C(C)[C@@H](C)[C@H]3[C@H](CC(C)C)NC(=O)[C@@]23C(=O)[C@H](O)C[C@@H](O)C(=O)CC1. The van der Waals surface area contributed by atoms with Crippen LogP contribution in [0.15, 0.2) is 23.3 Å². The van der Waals surface area contributed by atoms with Crippen LogP contribution in [0.25, 0.3) is 0 Å². The molecule has 3 aliphatic rings. The molecule has 7 atom stereocenters. The molecule has 2 aliphatic carbocycles. The number of rotatable bonds is 2. The highest BCUT2D eigenvalue weighted by Gasteiger charge is 2.66. The molecule has 0 unspecified atom stereocenters. The summed E-state index contributed by atoms with van der Waals surface area (Å²) in [5.41, 5.74) is 0.608. The lowest BCUT2D eigenvalue weighted by molar-refractivity contribution is -0.152. The van der Waals surface area contributed by atoms with E-state index >= 15 is 0 Å². The van der Waals surface area contributed by atoms with Crippen LogP contribution in [0.5, 0.6) is 0 Å². The quantitative estimate of drug-likeness (QED) is 0.473. The van der Waals surface area contributed by atoms with E-state index in [1.807, 2.05) is 32.9 Å². The molecule has 0 saturated carbocycles. The number of allylic oxidation sites excluding steroid dienone is 4. The Kier molecular flexibility index (Phi) is 6.40. The van der Waals surface area contributed by atoms with Gasteiger partial charge in [0.15, 0.2) is 11.6 Å². The monoisotopic (exact) mass is 417 g/mol. The number of aliphatic hydroxyl groups is 2. The largest absolute Gasteiger partial charge is 0.385 e. The maximum atomic E-state index is 13.8. The van der Waals surface area contributed by atoms with Crippen molar-refractivity contribution in [3.63, 3.8) is 0 Å². The Morgan fingerprint density at radius 3 is 2.40 bits per heavy atom. The molecule has 3 rings (SSSR count). The molecular formula is C24H35NO5. The van der Waals surface area contributed by atoms with Crippen molar-refractivity contribution in [2.24, 2.45) is 29.1 Å². The van der Waals surface area contributed by atoms with Gasteiger partial charge < -0.3 is 15.5 Å². The molecule has 3 N–H and O–H groups in total. The smallest absolute Gasteiger partial charge is 0.235 e. The number of nitrogens with one attached hydrogen (secondary N) is 1. The summed E-state index contributed by atoms with van der Waals surface area (Å²) in [5, 5.41) is 24.1. The van der Waals surface area contributed by atoms with Crippen molar-refractivity contribution in [3.8, 4) is 0 Å². The first-order valence-electron chi connectivity index (χ1n) is 11.1. The van der Waals surface area contributed by atoms with E-state index in [1.54, 1.807) is 0 Å². The molecule has 30 heavy (non-hydrogen) atoms. The predicted molar refractivity (Wildman–Crippen MR) is 113 cm³/mol. The van der Waals surface area contributed by atoms with Crippen LogP contribution >= 0.6 is 0 Å². The zero-order valence-corrected chi connectivity index (χ0v) is 18.6. The molecule has 1 aliphatic heterocycles. The summed E-state index contributed by atoms with van der Waals surface area (Å²) in [5.74, 6) is -1.75. The molecule has 0 aromatic heterocycles. The van der Waals surface area contributed by atoms with Gasteiger partial charge >= 0.3 is 0 Å². The summed E-state index contributed by atoms with van der Waals surface area (Å²) < 4.78 is 0. The Morgan fingerprint density at radius 1 is 1.10 bits per heavy atom. The van der Waals surface area contributed by atoms with Gasteiger partial charge in [-0.15, -0.1) is 0 Å². The van der Waals surface area contributed by atoms with Crippen molar-refractivity contribution in [1.29, 1.82) is 0 Å².